The van der Waals surface area contributed by atoms with Crippen molar-refractivity contribution < 1.29 is 9.53 Å². The minimum absolute atomic E-state index is 0.127. The number of carbonyl (C=O) groups excluding carboxylic acids is 1. The first-order valence-corrected chi connectivity index (χ1v) is 9.14. The Hall–Kier alpha value is -2.30. The van der Waals surface area contributed by atoms with E-state index in [1.54, 1.807) is 24.3 Å². The number of halogens is 1. The molecule has 2 aromatic carbocycles. The number of hydrogen-bond donors (Lipinski definition) is 1. The van der Waals surface area contributed by atoms with Crippen LogP contribution in [-0.2, 0) is 0 Å². The third-order valence-corrected chi connectivity index (χ3v) is 4.83. The highest BCUT2D eigenvalue weighted by atomic mass is 35.5. The normalized spacial score (nSPS) is 10.7. The van der Waals surface area contributed by atoms with E-state index in [1.165, 1.54) is 11.3 Å². The molecule has 1 heterocycles. The summed E-state index contributed by atoms with van der Waals surface area (Å²) in [6, 6.07) is 18.8. The van der Waals surface area contributed by atoms with Crippen molar-refractivity contribution >= 4 is 34.5 Å². The molecule has 1 aromatic heterocycles. The van der Waals surface area contributed by atoms with Crippen molar-refractivity contribution in [3.8, 4) is 16.2 Å². The fraction of sp³-hybridized carbons (Fsp3) is 0.150. The zero-order chi connectivity index (χ0) is 17.8. The Labute approximate surface area is 156 Å². The van der Waals surface area contributed by atoms with Gasteiger partial charge in [0.15, 0.2) is 0 Å². The first kappa shape index (κ1) is 17.5. The summed E-state index contributed by atoms with van der Waals surface area (Å²) in [5.41, 5.74) is 1.78. The van der Waals surface area contributed by atoms with Gasteiger partial charge in [-0.2, -0.15) is 0 Å². The molecule has 25 heavy (non-hydrogen) atoms. The second kappa shape index (κ2) is 7.72. The molecule has 3 nitrogen and oxygen atoms in total. The number of rotatable bonds is 5. The molecule has 0 aliphatic heterocycles. The Morgan fingerprint density at radius 1 is 1.00 bits per heavy atom. The highest BCUT2D eigenvalue weighted by Gasteiger charge is 2.11. The summed E-state index contributed by atoms with van der Waals surface area (Å²) in [5, 5.41) is 3.51. The van der Waals surface area contributed by atoms with Crippen LogP contribution >= 0.6 is 22.9 Å². The number of anilines is 1. The van der Waals surface area contributed by atoms with Crippen LogP contribution in [0.2, 0.25) is 5.02 Å². The zero-order valence-corrected chi connectivity index (χ0v) is 15.5. The lowest BCUT2D eigenvalue weighted by atomic mass is 10.2. The van der Waals surface area contributed by atoms with Gasteiger partial charge in [-0.25, -0.2) is 0 Å². The predicted octanol–water partition coefficient (Wildman–Crippen LogP) is 6.11. The molecule has 0 atom stereocenters. The second-order valence-corrected chi connectivity index (χ2v) is 7.34. The first-order chi connectivity index (χ1) is 12.0. The Bertz CT molecular complexity index is 854. The maximum absolute atomic E-state index is 12.4. The number of thiophene rings is 1. The number of benzene rings is 2. The van der Waals surface area contributed by atoms with Gasteiger partial charge >= 0.3 is 0 Å². The van der Waals surface area contributed by atoms with Crippen LogP contribution in [0.25, 0.3) is 10.4 Å². The lowest BCUT2D eigenvalue weighted by molar-refractivity contribution is 0.103. The van der Waals surface area contributed by atoms with E-state index in [2.05, 4.69) is 5.32 Å². The SMILES string of the molecule is CC(C)Oc1ccc(-c2ccc(C(=O)Nc3ccc(Cl)cc3)s2)cc1. The minimum atomic E-state index is -0.127. The smallest absolute Gasteiger partial charge is 0.265 e. The fourth-order valence-electron chi connectivity index (χ4n) is 2.31. The monoisotopic (exact) mass is 371 g/mol. The Balaban J connectivity index is 1.71. The van der Waals surface area contributed by atoms with Crippen LogP contribution in [0.1, 0.15) is 23.5 Å². The standard InChI is InChI=1S/C20H18ClNO2S/c1-13(2)24-17-9-3-14(4-10-17)18-11-12-19(25-18)20(23)22-16-7-5-15(21)6-8-16/h3-13H,1-2H3,(H,22,23). The maximum atomic E-state index is 12.4. The number of amides is 1. The molecule has 0 bridgehead atoms. The van der Waals surface area contributed by atoms with E-state index in [9.17, 15) is 4.79 Å². The topological polar surface area (TPSA) is 38.3 Å². The average molecular weight is 372 g/mol. The van der Waals surface area contributed by atoms with Crippen LogP contribution in [0, 0.1) is 0 Å². The molecule has 0 radical (unpaired) electrons. The molecule has 0 fully saturated rings. The lowest BCUT2D eigenvalue weighted by Gasteiger charge is -2.09. The van der Waals surface area contributed by atoms with Crippen LogP contribution in [0.3, 0.4) is 0 Å². The van der Waals surface area contributed by atoms with Gasteiger partial charge in [-0.05, 0) is 80.1 Å². The molecule has 0 spiro atoms. The molecule has 128 valence electrons. The van der Waals surface area contributed by atoms with Crippen molar-refractivity contribution in [2.24, 2.45) is 0 Å². The highest BCUT2D eigenvalue weighted by molar-refractivity contribution is 7.17. The van der Waals surface area contributed by atoms with Crippen molar-refractivity contribution in [2.45, 2.75) is 20.0 Å². The van der Waals surface area contributed by atoms with Crippen molar-refractivity contribution in [1.29, 1.82) is 0 Å². The van der Waals surface area contributed by atoms with Crippen LogP contribution in [0.5, 0.6) is 5.75 Å². The maximum Gasteiger partial charge on any atom is 0.265 e. The Morgan fingerprint density at radius 3 is 2.32 bits per heavy atom. The average Bonchev–Trinajstić information content (AvgIpc) is 3.07. The van der Waals surface area contributed by atoms with E-state index in [4.69, 9.17) is 16.3 Å². The number of hydrogen-bond acceptors (Lipinski definition) is 3. The largest absolute Gasteiger partial charge is 0.491 e. The molecule has 0 saturated heterocycles. The van der Waals surface area contributed by atoms with Gasteiger partial charge in [-0.15, -0.1) is 11.3 Å². The number of ether oxygens (including phenoxy) is 1. The Kier molecular flexibility index (Phi) is 5.41. The third-order valence-electron chi connectivity index (χ3n) is 3.44. The molecule has 1 amide bonds. The third kappa shape index (κ3) is 4.62. The van der Waals surface area contributed by atoms with Crippen molar-refractivity contribution in [2.75, 3.05) is 5.32 Å². The summed E-state index contributed by atoms with van der Waals surface area (Å²) in [5.74, 6) is 0.717. The van der Waals surface area contributed by atoms with Gasteiger partial charge in [-0.1, -0.05) is 11.6 Å². The van der Waals surface area contributed by atoms with E-state index >= 15 is 0 Å². The lowest BCUT2D eigenvalue weighted by Crippen LogP contribution is -2.09. The van der Waals surface area contributed by atoms with E-state index < -0.39 is 0 Å². The molecule has 3 rings (SSSR count). The second-order valence-electron chi connectivity index (χ2n) is 5.82. The number of carbonyl (C=O) groups is 1. The summed E-state index contributed by atoms with van der Waals surface area (Å²) >= 11 is 7.31. The molecule has 5 heteroatoms. The molecule has 0 unspecified atom stereocenters. The quantitative estimate of drug-likeness (QED) is 0.587. The summed E-state index contributed by atoms with van der Waals surface area (Å²) in [4.78, 5) is 14.1. The molecular formula is C20H18ClNO2S. The molecular weight excluding hydrogens is 354 g/mol. The molecule has 3 aromatic rings. The van der Waals surface area contributed by atoms with Gasteiger partial charge in [0.25, 0.3) is 5.91 Å². The van der Waals surface area contributed by atoms with E-state index in [0.29, 0.717) is 9.90 Å². The fourth-order valence-corrected chi connectivity index (χ4v) is 3.34. The van der Waals surface area contributed by atoms with Crippen LogP contribution < -0.4 is 10.1 Å². The molecule has 0 aliphatic carbocycles. The molecule has 0 aliphatic rings. The summed E-state index contributed by atoms with van der Waals surface area (Å²) in [7, 11) is 0. The van der Waals surface area contributed by atoms with Crippen molar-refractivity contribution in [3.63, 3.8) is 0 Å². The summed E-state index contributed by atoms with van der Waals surface area (Å²) in [6.45, 7) is 4.00. The predicted molar refractivity (Wildman–Crippen MR) is 105 cm³/mol. The first-order valence-electron chi connectivity index (χ1n) is 7.95. The Morgan fingerprint density at radius 2 is 1.68 bits per heavy atom. The van der Waals surface area contributed by atoms with Crippen LogP contribution in [0.15, 0.2) is 60.7 Å². The van der Waals surface area contributed by atoms with Gasteiger partial charge in [0.1, 0.15) is 5.75 Å². The zero-order valence-electron chi connectivity index (χ0n) is 14.0. The molecule has 1 N–H and O–H groups in total. The summed E-state index contributed by atoms with van der Waals surface area (Å²) < 4.78 is 5.65. The van der Waals surface area contributed by atoms with Gasteiger partial charge in [0, 0.05) is 15.6 Å². The van der Waals surface area contributed by atoms with Crippen molar-refractivity contribution in [1.82, 2.24) is 0 Å². The van der Waals surface area contributed by atoms with Gasteiger partial charge < -0.3 is 10.1 Å². The minimum Gasteiger partial charge on any atom is -0.491 e. The van der Waals surface area contributed by atoms with Crippen LogP contribution in [0.4, 0.5) is 5.69 Å². The highest BCUT2D eigenvalue weighted by Crippen LogP contribution is 2.30. The van der Waals surface area contributed by atoms with Gasteiger partial charge in [-0.3, -0.25) is 4.79 Å². The summed E-state index contributed by atoms with van der Waals surface area (Å²) in [6.07, 6.45) is 0.149. The van der Waals surface area contributed by atoms with Gasteiger partial charge in [0.2, 0.25) is 0 Å². The van der Waals surface area contributed by atoms with E-state index in [1.807, 2.05) is 50.2 Å². The number of nitrogens with one attached hydrogen (secondary N) is 1. The molecule has 0 saturated carbocycles. The van der Waals surface area contributed by atoms with Crippen LogP contribution in [-0.4, -0.2) is 12.0 Å². The van der Waals surface area contributed by atoms with Gasteiger partial charge in [0.05, 0.1) is 11.0 Å². The van der Waals surface area contributed by atoms with E-state index in [0.717, 1.165) is 21.9 Å². The van der Waals surface area contributed by atoms with E-state index in [-0.39, 0.29) is 12.0 Å². The van der Waals surface area contributed by atoms with Crippen molar-refractivity contribution in [3.05, 3.63) is 70.6 Å².